The molecular weight excluding hydrogens is 315 g/mol. The van der Waals surface area contributed by atoms with Crippen LogP contribution in [-0.2, 0) is 0 Å². The second kappa shape index (κ2) is 4.69. The van der Waals surface area contributed by atoms with Crippen LogP contribution in [-0.4, -0.2) is 19.8 Å². The highest BCUT2D eigenvalue weighted by atomic mass is 35.5. The predicted molar refractivity (Wildman–Crippen MR) is 80.7 cm³/mol. The van der Waals surface area contributed by atoms with Gasteiger partial charge in [-0.05, 0) is 25.0 Å². The van der Waals surface area contributed by atoms with E-state index in [4.69, 9.17) is 23.2 Å². The molecule has 102 valence electrons. The van der Waals surface area contributed by atoms with Crippen LogP contribution >= 0.6 is 34.5 Å². The Balaban J connectivity index is 1.86. The van der Waals surface area contributed by atoms with E-state index in [9.17, 15) is 0 Å². The average molecular weight is 325 g/mol. The van der Waals surface area contributed by atoms with Gasteiger partial charge in [0.25, 0.3) is 0 Å². The number of hydrogen-bond acceptors (Lipinski definition) is 4. The summed E-state index contributed by atoms with van der Waals surface area (Å²) >= 11 is 13.9. The van der Waals surface area contributed by atoms with Gasteiger partial charge in [-0.15, -0.1) is 10.2 Å². The minimum absolute atomic E-state index is 0.488. The predicted octanol–water partition coefficient (Wildman–Crippen LogP) is 4.43. The average Bonchev–Trinajstić information content (AvgIpc) is 2.91. The highest BCUT2D eigenvalue weighted by molar-refractivity contribution is 7.16. The molecule has 2 aromatic heterocycles. The molecule has 1 aliphatic carbocycles. The lowest BCUT2D eigenvalue weighted by atomic mass is 9.86. The van der Waals surface area contributed by atoms with Crippen LogP contribution in [0, 0.1) is 0 Å². The molecule has 0 atom stereocenters. The van der Waals surface area contributed by atoms with Crippen LogP contribution in [0.15, 0.2) is 18.2 Å². The molecule has 1 aliphatic rings. The molecule has 0 bridgehead atoms. The normalized spacial score (nSPS) is 15.7. The molecule has 0 radical (unpaired) electrons. The first kappa shape index (κ1) is 12.6. The summed E-state index contributed by atoms with van der Waals surface area (Å²) in [5.41, 5.74) is 0.761. The van der Waals surface area contributed by atoms with E-state index in [1.807, 2.05) is 12.1 Å². The molecule has 0 amide bonds. The van der Waals surface area contributed by atoms with Gasteiger partial charge in [0.05, 0.1) is 10.0 Å². The standard InChI is InChI=1S/C13H10Cl2N4S/c14-9-6-2-5-8(10(9)15)11-16-17-13-19(11)18-12(20-13)7-3-1-4-7/h2,5-7H,1,3-4H2. The van der Waals surface area contributed by atoms with Gasteiger partial charge in [-0.1, -0.05) is 47.0 Å². The second-order valence-electron chi connectivity index (χ2n) is 4.89. The summed E-state index contributed by atoms with van der Waals surface area (Å²) in [6.45, 7) is 0. The Morgan fingerprint density at radius 3 is 2.80 bits per heavy atom. The van der Waals surface area contributed by atoms with Crippen LogP contribution in [0.1, 0.15) is 30.2 Å². The van der Waals surface area contributed by atoms with Crippen LogP contribution < -0.4 is 0 Å². The zero-order chi connectivity index (χ0) is 13.7. The minimum Gasteiger partial charge on any atom is -0.183 e. The summed E-state index contributed by atoms with van der Waals surface area (Å²) in [5.74, 6) is 1.23. The van der Waals surface area contributed by atoms with Crippen molar-refractivity contribution in [1.29, 1.82) is 0 Å². The number of aromatic nitrogens is 4. The number of fused-ring (bicyclic) bond motifs is 1. The van der Waals surface area contributed by atoms with Crippen LogP contribution in [0.2, 0.25) is 10.0 Å². The summed E-state index contributed by atoms with van der Waals surface area (Å²) in [5, 5.41) is 15.2. The van der Waals surface area contributed by atoms with Crippen LogP contribution in [0.3, 0.4) is 0 Å². The van der Waals surface area contributed by atoms with Crippen molar-refractivity contribution in [1.82, 2.24) is 19.8 Å². The first-order valence-corrected chi connectivity index (χ1v) is 7.98. The van der Waals surface area contributed by atoms with E-state index >= 15 is 0 Å². The molecule has 20 heavy (non-hydrogen) atoms. The molecule has 3 aromatic rings. The van der Waals surface area contributed by atoms with Crippen LogP contribution in [0.4, 0.5) is 0 Å². The summed E-state index contributed by atoms with van der Waals surface area (Å²) in [6, 6.07) is 5.49. The maximum absolute atomic E-state index is 6.26. The fraction of sp³-hybridized carbons (Fsp3) is 0.308. The highest BCUT2D eigenvalue weighted by Crippen LogP contribution is 2.39. The largest absolute Gasteiger partial charge is 0.234 e. The third-order valence-electron chi connectivity index (χ3n) is 3.65. The third kappa shape index (κ3) is 1.84. The third-order valence-corrected chi connectivity index (χ3v) is 5.53. The fourth-order valence-electron chi connectivity index (χ4n) is 2.30. The van der Waals surface area contributed by atoms with Gasteiger partial charge in [-0.25, -0.2) is 0 Å². The van der Waals surface area contributed by atoms with E-state index in [2.05, 4.69) is 15.3 Å². The van der Waals surface area contributed by atoms with Crippen molar-refractivity contribution in [2.75, 3.05) is 0 Å². The van der Waals surface area contributed by atoms with Gasteiger partial charge < -0.3 is 0 Å². The van der Waals surface area contributed by atoms with Crippen molar-refractivity contribution in [3.63, 3.8) is 0 Å². The van der Waals surface area contributed by atoms with Gasteiger partial charge in [0, 0.05) is 11.5 Å². The molecule has 1 saturated carbocycles. The van der Waals surface area contributed by atoms with Crippen molar-refractivity contribution in [2.45, 2.75) is 25.2 Å². The summed E-state index contributed by atoms with van der Waals surface area (Å²) in [6.07, 6.45) is 3.73. The topological polar surface area (TPSA) is 43.1 Å². The van der Waals surface area contributed by atoms with E-state index in [-0.39, 0.29) is 0 Å². The Labute approximate surface area is 129 Å². The lowest BCUT2D eigenvalue weighted by Gasteiger charge is -2.21. The molecule has 0 N–H and O–H groups in total. The lowest BCUT2D eigenvalue weighted by Crippen LogP contribution is -2.08. The van der Waals surface area contributed by atoms with Crippen molar-refractivity contribution >= 4 is 39.5 Å². The molecule has 1 aromatic carbocycles. The number of hydrogen-bond donors (Lipinski definition) is 0. The van der Waals surface area contributed by atoms with Crippen molar-refractivity contribution in [3.8, 4) is 11.4 Å². The van der Waals surface area contributed by atoms with Crippen molar-refractivity contribution in [3.05, 3.63) is 33.3 Å². The molecule has 0 spiro atoms. The van der Waals surface area contributed by atoms with Crippen LogP contribution in [0.5, 0.6) is 0 Å². The fourth-order valence-corrected chi connectivity index (χ4v) is 3.69. The lowest BCUT2D eigenvalue weighted by molar-refractivity contribution is 0.415. The molecule has 7 heteroatoms. The Morgan fingerprint density at radius 2 is 2.05 bits per heavy atom. The summed E-state index contributed by atoms with van der Waals surface area (Å²) in [7, 11) is 0. The Morgan fingerprint density at radius 1 is 1.20 bits per heavy atom. The number of nitrogens with zero attached hydrogens (tertiary/aromatic N) is 4. The van der Waals surface area contributed by atoms with E-state index in [0.717, 1.165) is 15.5 Å². The van der Waals surface area contributed by atoms with Gasteiger partial charge in [0.15, 0.2) is 5.82 Å². The quantitative estimate of drug-likeness (QED) is 0.700. The summed E-state index contributed by atoms with van der Waals surface area (Å²) < 4.78 is 1.77. The Kier molecular flexibility index (Phi) is 2.94. The molecular formula is C13H10Cl2N4S. The molecule has 2 heterocycles. The Bertz CT molecular complexity index is 791. The van der Waals surface area contributed by atoms with Crippen molar-refractivity contribution in [2.24, 2.45) is 0 Å². The van der Waals surface area contributed by atoms with Gasteiger partial charge in [-0.2, -0.15) is 9.61 Å². The van der Waals surface area contributed by atoms with Gasteiger partial charge >= 0.3 is 0 Å². The van der Waals surface area contributed by atoms with E-state index in [1.165, 1.54) is 19.3 Å². The van der Waals surface area contributed by atoms with Gasteiger partial charge in [-0.3, -0.25) is 0 Å². The molecule has 0 saturated heterocycles. The maximum atomic E-state index is 6.26. The smallest absolute Gasteiger partial charge is 0.183 e. The zero-order valence-corrected chi connectivity index (χ0v) is 12.7. The number of halogens is 2. The first-order valence-electron chi connectivity index (χ1n) is 6.40. The second-order valence-corrected chi connectivity index (χ2v) is 6.66. The molecule has 0 aliphatic heterocycles. The van der Waals surface area contributed by atoms with E-state index < -0.39 is 0 Å². The SMILES string of the molecule is Clc1cccc(-c2nnc3sc(C4CCC4)nn23)c1Cl. The van der Waals surface area contributed by atoms with Gasteiger partial charge in [0.2, 0.25) is 4.96 Å². The molecule has 4 nitrogen and oxygen atoms in total. The maximum Gasteiger partial charge on any atom is 0.234 e. The number of rotatable bonds is 2. The Hall–Kier alpha value is -1.17. The molecule has 0 unspecified atom stereocenters. The van der Waals surface area contributed by atoms with E-state index in [0.29, 0.717) is 21.8 Å². The monoisotopic (exact) mass is 324 g/mol. The van der Waals surface area contributed by atoms with E-state index in [1.54, 1.807) is 21.9 Å². The highest BCUT2D eigenvalue weighted by Gasteiger charge is 2.25. The number of benzene rings is 1. The minimum atomic E-state index is 0.488. The first-order chi connectivity index (χ1) is 9.74. The molecule has 1 fully saturated rings. The summed E-state index contributed by atoms with van der Waals surface area (Å²) in [4.78, 5) is 0.804. The van der Waals surface area contributed by atoms with Crippen LogP contribution in [0.25, 0.3) is 16.3 Å². The zero-order valence-electron chi connectivity index (χ0n) is 10.4. The van der Waals surface area contributed by atoms with Gasteiger partial charge in [0.1, 0.15) is 5.01 Å². The van der Waals surface area contributed by atoms with Crippen molar-refractivity contribution < 1.29 is 0 Å². The molecule has 4 rings (SSSR count).